The Labute approximate surface area is 190 Å². The quantitative estimate of drug-likeness (QED) is 0.159. The molecular formula is C20H30O13. The lowest BCUT2D eigenvalue weighted by Gasteiger charge is -2.43. The number of aliphatic hydroxyl groups is 3. The molecule has 0 aromatic carbocycles. The lowest BCUT2D eigenvalue weighted by molar-refractivity contribution is -0.300. The van der Waals surface area contributed by atoms with Crippen LogP contribution in [-0.2, 0) is 47.5 Å². The van der Waals surface area contributed by atoms with Crippen LogP contribution in [0.15, 0.2) is 25.7 Å². The molecule has 0 saturated carbocycles. The van der Waals surface area contributed by atoms with Gasteiger partial charge >= 0.3 is 17.9 Å². The van der Waals surface area contributed by atoms with E-state index in [9.17, 15) is 29.7 Å². The van der Waals surface area contributed by atoms with Gasteiger partial charge in [-0.1, -0.05) is 13.2 Å². The van der Waals surface area contributed by atoms with Crippen LogP contribution in [-0.4, -0.2) is 103 Å². The van der Waals surface area contributed by atoms with Crippen LogP contribution in [0.3, 0.4) is 0 Å². The van der Waals surface area contributed by atoms with E-state index < -0.39 is 73.5 Å². The van der Waals surface area contributed by atoms with Gasteiger partial charge in [-0.05, 0) is 13.8 Å². The van der Waals surface area contributed by atoms with Crippen molar-refractivity contribution in [3.63, 3.8) is 0 Å². The molecule has 8 atom stereocenters. The predicted octanol–water partition coefficient (Wildman–Crippen LogP) is -1.46. The number of carbonyl (C=O) groups is 3. The van der Waals surface area contributed by atoms with Crippen LogP contribution in [0.2, 0.25) is 0 Å². The first-order valence-corrected chi connectivity index (χ1v) is 9.92. The van der Waals surface area contributed by atoms with Crippen LogP contribution in [0.25, 0.3) is 0 Å². The Hall–Kier alpha value is -2.71. The molecule has 0 aliphatic carbocycles. The highest BCUT2D eigenvalue weighted by Crippen LogP contribution is 2.29. The van der Waals surface area contributed by atoms with Gasteiger partial charge in [0.15, 0.2) is 42.9 Å². The zero-order chi connectivity index (χ0) is 25.1. The number of ether oxygens (including phenoxy) is 7. The van der Waals surface area contributed by atoms with Crippen molar-refractivity contribution in [1.82, 2.24) is 0 Å². The highest BCUT2D eigenvalue weighted by atomic mass is 16.7. The third kappa shape index (κ3) is 7.40. The van der Waals surface area contributed by atoms with Gasteiger partial charge in [-0.3, -0.25) is 0 Å². The maximum atomic E-state index is 12.5. The smallest absolute Gasteiger partial charge is 0.347 e. The normalized spacial score (nSPS) is 27.3. The average Bonchev–Trinajstić information content (AvgIpc) is 2.80. The van der Waals surface area contributed by atoms with Crippen molar-refractivity contribution in [3.8, 4) is 0 Å². The molecule has 0 aromatic rings. The third-order valence-electron chi connectivity index (χ3n) is 4.46. The molecule has 13 nitrogen and oxygen atoms in total. The van der Waals surface area contributed by atoms with Gasteiger partial charge in [0, 0.05) is 7.11 Å². The molecule has 1 saturated heterocycles. The van der Waals surface area contributed by atoms with E-state index in [-0.39, 0.29) is 6.61 Å². The summed E-state index contributed by atoms with van der Waals surface area (Å²) in [6.07, 6.45) is -9.94. The predicted molar refractivity (Wildman–Crippen MR) is 107 cm³/mol. The van der Waals surface area contributed by atoms with Gasteiger partial charge in [0.1, 0.15) is 6.10 Å². The lowest BCUT2D eigenvalue weighted by Crippen LogP contribution is -2.62. The summed E-state index contributed by atoms with van der Waals surface area (Å²) in [4.78, 5) is 36.0. The Bertz CT molecular complexity index is 681. The minimum atomic E-state index is -2.40. The molecule has 1 aliphatic heterocycles. The number of carbonyl (C=O) groups excluding carboxylic acids is 3. The summed E-state index contributed by atoms with van der Waals surface area (Å²) in [5.41, 5.74) is 0. The van der Waals surface area contributed by atoms with Crippen molar-refractivity contribution in [1.29, 1.82) is 0 Å². The minimum absolute atomic E-state index is 0.0317. The summed E-state index contributed by atoms with van der Waals surface area (Å²) < 4.78 is 35.9. The Morgan fingerprint density at radius 2 is 1.58 bits per heavy atom. The molecule has 0 radical (unpaired) electrons. The summed E-state index contributed by atoms with van der Waals surface area (Å²) in [5, 5.41) is 29.7. The Balaban J connectivity index is 2.97. The average molecular weight is 478 g/mol. The van der Waals surface area contributed by atoms with Crippen molar-refractivity contribution in [2.24, 2.45) is 0 Å². The van der Waals surface area contributed by atoms with Crippen molar-refractivity contribution in [2.75, 3.05) is 20.3 Å². The van der Waals surface area contributed by atoms with Crippen LogP contribution < -0.4 is 0 Å². The molecule has 33 heavy (non-hydrogen) atoms. The molecule has 13 heteroatoms. The van der Waals surface area contributed by atoms with Crippen LogP contribution in [0.1, 0.15) is 13.8 Å². The highest BCUT2D eigenvalue weighted by molar-refractivity contribution is 5.87. The molecular weight excluding hydrogens is 448 g/mol. The standard InChI is InChI=1S/C20H30O13/c1-6-28-14-11(9-21)32-20(27-5)16(15(14)29-7-2)33-19(26)13(23)12(22)18(25)31-10(4)17(24)30-8-3/h6-7,10-16,20-23H,1-2,8-9H2,3-5H3/t10?,11-,12?,13?,14-,15+,16-,20?/m1/s1. The SMILES string of the molecule is C=CO[C@H]1[C@H](OC=C)[C@@H](OC(=O)C(O)C(O)C(=O)OC(C)C(=O)OCC)C(OC)O[C@@H]1CO. The summed E-state index contributed by atoms with van der Waals surface area (Å²) in [6, 6.07) is 0. The number of rotatable bonds is 13. The molecule has 1 fully saturated rings. The highest BCUT2D eigenvalue weighted by Gasteiger charge is 2.51. The van der Waals surface area contributed by atoms with Gasteiger partial charge in [-0.25, -0.2) is 14.4 Å². The van der Waals surface area contributed by atoms with E-state index in [1.54, 1.807) is 6.92 Å². The van der Waals surface area contributed by atoms with E-state index in [0.717, 1.165) is 12.5 Å². The summed E-state index contributed by atoms with van der Waals surface area (Å²) in [5.74, 6) is -3.81. The molecule has 3 N–H and O–H groups in total. The number of aliphatic hydroxyl groups excluding tert-OH is 3. The second-order valence-electron chi connectivity index (χ2n) is 6.62. The van der Waals surface area contributed by atoms with E-state index in [1.165, 1.54) is 14.0 Å². The number of hydrogen-bond donors (Lipinski definition) is 3. The lowest BCUT2D eigenvalue weighted by atomic mass is 9.98. The fourth-order valence-electron chi connectivity index (χ4n) is 2.90. The zero-order valence-corrected chi connectivity index (χ0v) is 18.5. The zero-order valence-electron chi connectivity index (χ0n) is 18.5. The molecule has 1 heterocycles. The fraction of sp³-hybridized carbons (Fsp3) is 0.650. The second-order valence-corrected chi connectivity index (χ2v) is 6.62. The fourth-order valence-corrected chi connectivity index (χ4v) is 2.90. The van der Waals surface area contributed by atoms with Gasteiger partial charge in [0.05, 0.1) is 25.7 Å². The van der Waals surface area contributed by atoms with Crippen molar-refractivity contribution < 1.29 is 62.9 Å². The Morgan fingerprint density at radius 1 is 1.00 bits per heavy atom. The van der Waals surface area contributed by atoms with E-state index in [2.05, 4.69) is 22.6 Å². The summed E-state index contributed by atoms with van der Waals surface area (Å²) in [7, 11) is 1.22. The number of hydrogen-bond acceptors (Lipinski definition) is 13. The van der Waals surface area contributed by atoms with E-state index in [0.29, 0.717) is 0 Å². The van der Waals surface area contributed by atoms with E-state index in [4.69, 9.17) is 23.7 Å². The summed E-state index contributed by atoms with van der Waals surface area (Å²) >= 11 is 0. The largest absolute Gasteiger partial charge is 0.492 e. The van der Waals surface area contributed by atoms with Gasteiger partial charge in [0.2, 0.25) is 0 Å². The molecule has 1 rings (SSSR count). The van der Waals surface area contributed by atoms with Crippen molar-refractivity contribution in [2.45, 2.75) is 62.9 Å². The Kier molecular flexibility index (Phi) is 11.8. The van der Waals surface area contributed by atoms with Crippen molar-refractivity contribution in [3.05, 3.63) is 25.7 Å². The van der Waals surface area contributed by atoms with Gasteiger partial charge in [0.25, 0.3) is 0 Å². The summed E-state index contributed by atoms with van der Waals surface area (Å²) in [6.45, 7) is 9.10. The van der Waals surface area contributed by atoms with E-state index >= 15 is 0 Å². The minimum Gasteiger partial charge on any atom is -0.492 e. The van der Waals surface area contributed by atoms with Crippen LogP contribution >= 0.6 is 0 Å². The van der Waals surface area contributed by atoms with Gasteiger partial charge in [-0.2, -0.15) is 0 Å². The number of esters is 3. The van der Waals surface area contributed by atoms with Crippen molar-refractivity contribution >= 4 is 17.9 Å². The van der Waals surface area contributed by atoms with E-state index in [1.807, 2.05) is 0 Å². The Morgan fingerprint density at radius 3 is 2.09 bits per heavy atom. The number of methoxy groups -OCH3 is 1. The van der Waals surface area contributed by atoms with Gasteiger partial charge in [-0.15, -0.1) is 0 Å². The maximum Gasteiger partial charge on any atom is 0.347 e. The molecule has 0 amide bonds. The second kappa shape index (κ2) is 13.7. The monoisotopic (exact) mass is 478 g/mol. The molecule has 4 unspecified atom stereocenters. The van der Waals surface area contributed by atoms with Crippen LogP contribution in [0, 0.1) is 0 Å². The molecule has 0 bridgehead atoms. The first-order valence-electron chi connectivity index (χ1n) is 9.92. The van der Waals surface area contributed by atoms with Crippen LogP contribution in [0.5, 0.6) is 0 Å². The first-order chi connectivity index (χ1) is 15.7. The van der Waals surface area contributed by atoms with Gasteiger partial charge < -0.3 is 48.5 Å². The maximum absolute atomic E-state index is 12.5. The first kappa shape index (κ1) is 28.3. The molecule has 188 valence electrons. The molecule has 1 aliphatic rings. The molecule has 0 spiro atoms. The molecule has 0 aromatic heterocycles. The van der Waals surface area contributed by atoms with Crippen LogP contribution in [0.4, 0.5) is 0 Å². The third-order valence-corrected chi connectivity index (χ3v) is 4.46. The topological polar surface area (TPSA) is 177 Å².